The lowest BCUT2D eigenvalue weighted by Gasteiger charge is -2.35. The zero-order chi connectivity index (χ0) is 12.7. The maximum Gasteiger partial charge on any atom is 0.494 e. The minimum atomic E-state index is -0.407. The van der Waals surface area contributed by atoms with Crippen molar-refractivity contribution >= 4 is 12.6 Å². The van der Waals surface area contributed by atoms with Gasteiger partial charge >= 0.3 is 7.12 Å². The Bertz CT molecular complexity index is 404. The Labute approximate surface area is 102 Å². The van der Waals surface area contributed by atoms with Crippen molar-refractivity contribution in [1.29, 1.82) is 0 Å². The van der Waals surface area contributed by atoms with Gasteiger partial charge in [-0.25, -0.2) is 4.39 Å². The summed E-state index contributed by atoms with van der Waals surface area (Å²) in [6, 6.07) is 6.27. The zero-order valence-electron chi connectivity index (χ0n) is 10.8. The molecule has 1 aromatic carbocycles. The van der Waals surface area contributed by atoms with Crippen LogP contribution in [-0.2, 0) is 9.31 Å². The highest BCUT2D eigenvalue weighted by Gasteiger charge is 2.53. The Hall–Kier alpha value is -0.865. The Morgan fingerprint density at radius 3 is 2.18 bits per heavy atom. The van der Waals surface area contributed by atoms with E-state index in [-0.39, 0.29) is 17.0 Å². The van der Waals surface area contributed by atoms with Gasteiger partial charge in [-0.15, -0.1) is 0 Å². The first-order valence-corrected chi connectivity index (χ1v) is 5.99. The summed E-state index contributed by atoms with van der Waals surface area (Å²) < 4.78 is 24.8. The van der Waals surface area contributed by atoms with E-state index in [0.717, 1.165) is 11.9 Å². The molecule has 1 saturated heterocycles. The van der Waals surface area contributed by atoms with E-state index in [9.17, 15) is 4.39 Å². The second-order valence-electron chi connectivity index (χ2n) is 5.21. The maximum absolute atomic E-state index is 12.9. The van der Waals surface area contributed by atoms with Crippen LogP contribution in [0.2, 0.25) is 0 Å². The third kappa shape index (κ3) is 2.12. The van der Waals surface area contributed by atoms with Gasteiger partial charge in [0.05, 0.1) is 11.2 Å². The molecule has 0 aromatic heterocycles. The van der Waals surface area contributed by atoms with Crippen LogP contribution in [0.5, 0.6) is 0 Å². The van der Waals surface area contributed by atoms with E-state index < -0.39 is 7.12 Å². The molecule has 0 saturated carbocycles. The van der Waals surface area contributed by atoms with Crippen molar-refractivity contribution in [1.82, 2.24) is 0 Å². The lowest BCUT2D eigenvalue weighted by molar-refractivity contribution is -0.0118. The van der Waals surface area contributed by atoms with Crippen LogP contribution in [-0.4, -0.2) is 18.3 Å². The first-order chi connectivity index (χ1) is 7.88. The molecule has 17 heavy (non-hydrogen) atoms. The lowest BCUT2D eigenvalue weighted by Crippen LogP contribution is -2.44. The van der Waals surface area contributed by atoms with Gasteiger partial charge in [-0.1, -0.05) is 19.1 Å². The standard InChI is InChI=1S/C13H18BFO2/c1-5-13(4)12(2,3)16-14(17-13)10-6-8-11(15)9-7-10/h6-9H,5H2,1-4H3. The maximum atomic E-state index is 12.9. The van der Waals surface area contributed by atoms with Gasteiger partial charge < -0.3 is 9.31 Å². The predicted molar refractivity (Wildman–Crippen MR) is 66.7 cm³/mol. The van der Waals surface area contributed by atoms with Crippen LogP contribution in [0.15, 0.2) is 24.3 Å². The normalized spacial score (nSPS) is 27.5. The van der Waals surface area contributed by atoms with Crippen LogP contribution in [0, 0.1) is 5.82 Å². The second-order valence-corrected chi connectivity index (χ2v) is 5.21. The van der Waals surface area contributed by atoms with Gasteiger partial charge in [-0.3, -0.25) is 0 Å². The molecule has 2 nitrogen and oxygen atoms in total. The van der Waals surface area contributed by atoms with Crippen molar-refractivity contribution < 1.29 is 13.7 Å². The van der Waals surface area contributed by atoms with Crippen molar-refractivity contribution in [3.63, 3.8) is 0 Å². The van der Waals surface area contributed by atoms with Crippen molar-refractivity contribution in [2.24, 2.45) is 0 Å². The summed E-state index contributed by atoms with van der Waals surface area (Å²) in [7, 11) is -0.407. The molecule has 0 aliphatic carbocycles. The third-order valence-electron chi connectivity index (χ3n) is 3.86. The molecule has 1 aromatic rings. The largest absolute Gasteiger partial charge is 0.494 e. The van der Waals surface area contributed by atoms with Gasteiger partial charge in [0.15, 0.2) is 0 Å². The number of hydrogen-bond donors (Lipinski definition) is 0. The minimum absolute atomic E-state index is 0.246. The van der Waals surface area contributed by atoms with Gasteiger partial charge in [0.1, 0.15) is 5.82 Å². The number of benzene rings is 1. The van der Waals surface area contributed by atoms with Gasteiger partial charge in [0, 0.05) is 0 Å². The molecule has 4 heteroatoms. The highest BCUT2D eigenvalue weighted by atomic mass is 19.1. The van der Waals surface area contributed by atoms with E-state index in [1.165, 1.54) is 12.1 Å². The molecule has 1 atom stereocenters. The van der Waals surface area contributed by atoms with Crippen LogP contribution in [0.3, 0.4) is 0 Å². The van der Waals surface area contributed by atoms with E-state index in [4.69, 9.17) is 9.31 Å². The van der Waals surface area contributed by atoms with Gasteiger partial charge in [0.25, 0.3) is 0 Å². The van der Waals surface area contributed by atoms with Crippen molar-refractivity contribution in [3.05, 3.63) is 30.1 Å². The SMILES string of the molecule is CCC1(C)OB(c2ccc(F)cc2)OC1(C)C. The van der Waals surface area contributed by atoms with Crippen molar-refractivity contribution in [2.45, 2.75) is 45.3 Å². The molecule has 1 aliphatic heterocycles. The Balaban J connectivity index is 2.24. The molecule has 1 aliphatic rings. The van der Waals surface area contributed by atoms with Crippen molar-refractivity contribution in [2.75, 3.05) is 0 Å². The summed E-state index contributed by atoms with van der Waals surface area (Å²) in [5.74, 6) is -0.246. The second kappa shape index (κ2) is 4.11. The quantitative estimate of drug-likeness (QED) is 0.734. The van der Waals surface area contributed by atoms with Crippen LogP contribution >= 0.6 is 0 Å². The number of rotatable bonds is 2. The zero-order valence-corrected chi connectivity index (χ0v) is 10.8. The summed E-state index contributed by atoms with van der Waals surface area (Å²) >= 11 is 0. The third-order valence-corrected chi connectivity index (χ3v) is 3.86. The molecule has 2 rings (SSSR count). The molecule has 1 heterocycles. The molecular weight excluding hydrogens is 218 g/mol. The fraction of sp³-hybridized carbons (Fsp3) is 0.538. The fourth-order valence-corrected chi connectivity index (χ4v) is 2.06. The van der Waals surface area contributed by atoms with Crippen LogP contribution in [0.25, 0.3) is 0 Å². The Kier molecular flexibility index (Phi) is 3.04. The minimum Gasteiger partial charge on any atom is -0.399 e. The highest BCUT2D eigenvalue weighted by Crippen LogP contribution is 2.39. The van der Waals surface area contributed by atoms with Crippen LogP contribution in [0.1, 0.15) is 34.1 Å². The molecule has 0 spiro atoms. The van der Waals surface area contributed by atoms with E-state index in [0.29, 0.717) is 0 Å². The lowest BCUT2D eigenvalue weighted by atomic mass is 9.79. The molecular formula is C13H18BFO2. The van der Waals surface area contributed by atoms with Crippen LogP contribution < -0.4 is 5.46 Å². The van der Waals surface area contributed by atoms with Gasteiger partial charge in [0.2, 0.25) is 0 Å². The predicted octanol–water partition coefficient (Wildman–Crippen LogP) is 2.52. The number of hydrogen-bond acceptors (Lipinski definition) is 2. The fourth-order valence-electron chi connectivity index (χ4n) is 2.06. The van der Waals surface area contributed by atoms with E-state index in [2.05, 4.69) is 13.8 Å². The molecule has 0 N–H and O–H groups in total. The molecule has 0 amide bonds. The number of halogens is 1. The molecule has 0 bridgehead atoms. The van der Waals surface area contributed by atoms with E-state index >= 15 is 0 Å². The summed E-state index contributed by atoms with van der Waals surface area (Å²) in [6.45, 7) is 8.19. The summed E-state index contributed by atoms with van der Waals surface area (Å²) in [5.41, 5.74) is 0.198. The topological polar surface area (TPSA) is 18.5 Å². The van der Waals surface area contributed by atoms with Gasteiger partial charge in [-0.05, 0) is 44.8 Å². The monoisotopic (exact) mass is 236 g/mol. The smallest absolute Gasteiger partial charge is 0.399 e. The first-order valence-electron chi connectivity index (χ1n) is 5.99. The summed E-state index contributed by atoms with van der Waals surface area (Å²) in [5, 5.41) is 0. The highest BCUT2D eigenvalue weighted by molar-refractivity contribution is 6.62. The van der Waals surface area contributed by atoms with Crippen molar-refractivity contribution in [3.8, 4) is 0 Å². The van der Waals surface area contributed by atoms with Crippen LogP contribution in [0.4, 0.5) is 4.39 Å². The molecule has 1 unspecified atom stereocenters. The first kappa shape index (κ1) is 12.6. The molecule has 0 radical (unpaired) electrons. The Morgan fingerprint density at radius 2 is 1.71 bits per heavy atom. The molecule has 92 valence electrons. The van der Waals surface area contributed by atoms with E-state index in [1.807, 2.05) is 13.8 Å². The average Bonchev–Trinajstić information content (AvgIpc) is 2.52. The Morgan fingerprint density at radius 1 is 1.12 bits per heavy atom. The summed E-state index contributed by atoms with van der Waals surface area (Å²) in [6.07, 6.45) is 0.873. The van der Waals surface area contributed by atoms with Gasteiger partial charge in [-0.2, -0.15) is 0 Å². The molecule has 1 fully saturated rings. The average molecular weight is 236 g/mol. The summed E-state index contributed by atoms with van der Waals surface area (Å²) in [4.78, 5) is 0. The van der Waals surface area contributed by atoms with E-state index in [1.54, 1.807) is 12.1 Å².